The van der Waals surface area contributed by atoms with Crippen molar-refractivity contribution in [2.75, 3.05) is 59.3 Å². The molecule has 5 heterocycles. The number of nitrogens with one attached hydrogen (secondary N) is 2. The lowest BCUT2D eigenvalue weighted by molar-refractivity contribution is -0.139. The molecule has 73 heavy (non-hydrogen) atoms. The second-order valence-corrected chi connectivity index (χ2v) is 22.1. The number of benzene rings is 3. The fourth-order valence-electron chi connectivity index (χ4n) is 11.1. The lowest BCUT2D eigenvalue weighted by Crippen LogP contribution is -2.44. The first-order valence-electron chi connectivity index (χ1n) is 25.7. The van der Waals surface area contributed by atoms with Crippen LogP contribution in [0.25, 0.3) is 27.7 Å². The summed E-state index contributed by atoms with van der Waals surface area (Å²) in [5.41, 5.74) is 5.02. The number of amides is 2. The van der Waals surface area contributed by atoms with E-state index in [4.69, 9.17) is 42.6 Å². The smallest absolute Gasteiger partial charge is 0.332 e. The standard InChI is InChI=1S/C56H66Cl2N8O6S/c1-34(50-29-41(33-73-50)52-40(32-63(3)4)9-6-10-46(52)58)59-53-44-30-43(49(71-5)31-47(44)60-35(2)61-53)37-11-13-38(14-12-37)54(68)65-24-19-42(20-25-65)72-27-7-8-36-17-22-64(23-18-36)55(69)39-15-16-45(57)48(28-39)66-26-21-51(67)62-56(66)70/h6,9-10,15-16,21,26,28-31,33-34,36-38,42H,7-8,11-14,17-20,22-25,27,32H2,1-5H3,(H,59,60,61)(H,62,67,70)/t34-,37?,38?/m1/s1. The monoisotopic (exact) mass is 1050 g/mol. The number of piperidine rings is 2. The number of nitrogens with zero attached hydrogens (tertiary/aromatic N) is 6. The van der Waals surface area contributed by atoms with E-state index in [9.17, 15) is 19.2 Å². The van der Waals surface area contributed by atoms with Gasteiger partial charge in [-0.2, -0.15) is 0 Å². The van der Waals surface area contributed by atoms with Crippen LogP contribution in [0.4, 0.5) is 5.82 Å². The van der Waals surface area contributed by atoms with Crippen LogP contribution < -0.4 is 21.3 Å². The van der Waals surface area contributed by atoms with Gasteiger partial charge >= 0.3 is 5.69 Å². The van der Waals surface area contributed by atoms with Crippen LogP contribution in [0.3, 0.4) is 0 Å². The van der Waals surface area contributed by atoms with Crippen LogP contribution in [0.15, 0.2) is 81.8 Å². The van der Waals surface area contributed by atoms with Crippen LogP contribution >= 0.6 is 34.5 Å². The molecular weight excluding hydrogens is 984 g/mol. The second kappa shape index (κ2) is 23.3. The molecule has 6 aromatic rings. The molecule has 2 aliphatic heterocycles. The number of methoxy groups -OCH3 is 1. The Bertz CT molecular complexity index is 3060. The highest BCUT2D eigenvalue weighted by atomic mass is 35.5. The number of hydrogen-bond donors (Lipinski definition) is 2. The Morgan fingerprint density at radius 2 is 1.66 bits per heavy atom. The van der Waals surface area contributed by atoms with Gasteiger partial charge in [-0.05, 0) is 162 Å². The number of ether oxygens (including phenoxy) is 2. The number of aromatic nitrogens is 4. The van der Waals surface area contributed by atoms with E-state index < -0.39 is 11.2 Å². The van der Waals surface area contributed by atoms with Crippen molar-refractivity contribution >= 4 is 63.1 Å². The van der Waals surface area contributed by atoms with Crippen molar-refractivity contribution in [3.8, 4) is 22.6 Å². The summed E-state index contributed by atoms with van der Waals surface area (Å²) in [5, 5.41) is 7.93. The number of aryl methyl sites for hydroxylation is 1. The number of halogens is 2. The van der Waals surface area contributed by atoms with Gasteiger partial charge in [-0.15, -0.1) is 11.3 Å². The average Bonchev–Trinajstić information content (AvgIpc) is 3.88. The van der Waals surface area contributed by atoms with Crippen LogP contribution in [0.5, 0.6) is 5.75 Å². The number of anilines is 1. The molecule has 2 N–H and O–H groups in total. The minimum absolute atomic E-state index is 0.0169. The van der Waals surface area contributed by atoms with E-state index in [1.54, 1.807) is 36.6 Å². The zero-order valence-corrected chi connectivity index (χ0v) is 44.8. The number of thiophene rings is 1. The average molecular weight is 1050 g/mol. The highest BCUT2D eigenvalue weighted by Gasteiger charge is 2.34. The number of hydrogen-bond acceptors (Lipinski definition) is 11. The van der Waals surface area contributed by atoms with Gasteiger partial charge in [0.25, 0.3) is 11.5 Å². The molecular formula is C56H66Cl2N8O6S. The van der Waals surface area contributed by atoms with Gasteiger partial charge in [-0.3, -0.25) is 23.9 Å². The Kier molecular flexibility index (Phi) is 16.7. The van der Waals surface area contributed by atoms with E-state index in [0.29, 0.717) is 47.7 Å². The molecule has 0 bridgehead atoms. The molecule has 3 fully saturated rings. The SMILES string of the molecule is COc1cc2nc(C)nc(N[C@H](C)c3cc(-c4c(Cl)cccc4CN(C)C)cs3)c2cc1C1CCC(C(=O)N2CCC(OCCCC3CCN(C(=O)c4ccc(Cl)c(-n5ccc(=O)[nH]c5=O)c4)CC3)CC2)CC1. The fraction of sp³-hybridized carbons (Fsp3) is 0.464. The van der Waals surface area contributed by atoms with E-state index in [0.717, 1.165) is 128 Å². The first-order valence-corrected chi connectivity index (χ1v) is 27.3. The van der Waals surface area contributed by atoms with Gasteiger partial charge in [0.1, 0.15) is 17.4 Å². The zero-order valence-electron chi connectivity index (χ0n) is 42.4. The topological polar surface area (TPSA) is 155 Å². The molecule has 14 nitrogen and oxygen atoms in total. The predicted molar refractivity (Wildman–Crippen MR) is 291 cm³/mol. The van der Waals surface area contributed by atoms with Crippen molar-refractivity contribution in [3.63, 3.8) is 0 Å². The third kappa shape index (κ3) is 12.2. The first kappa shape index (κ1) is 52.3. The van der Waals surface area contributed by atoms with Crippen molar-refractivity contribution < 1.29 is 19.1 Å². The molecule has 0 spiro atoms. The lowest BCUT2D eigenvalue weighted by atomic mass is 9.77. The maximum Gasteiger partial charge on any atom is 0.332 e. The summed E-state index contributed by atoms with van der Waals surface area (Å²) >= 11 is 14.9. The largest absolute Gasteiger partial charge is 0.496 e. The van der Waals surface area contributed by atoms with Crippen molar-refractivity contribution in [1.82, 2.24) is 34.2 Å². The summed E-state index contributed by atoms with van der Waals surface area (Å²) in [4.78, 5) is 70.6. The van der Waals surface area contributed by atoms with Crippen LogP contribution in [0, 0.1) is 18.8 Å². The first-order chi connectivity index (χ1) is 35.2. The van der Waals surface area contributed by atoms with Gasteiger partial charge in [-0.1, -0.05) is 35.3 Å². The Labute approximate surface area is 441 Å². The summed E-state index contributed by atoms with van der Waals surface area (Å²) in [6.07, 6.45) is 10.5. The number of fused-ring (bicyclic) bond motifs is 1. The van der Waals surface area contributed by atoms with E-state index in [1.807, 2.05) is 30.0 Å². The molecule has 1 aliphatic carbocycles. The normalized spacial score (nSPS) is 18.4. The van der Waals surface area contributed by atoms with E-state index >= 15 is 0 Å². The molecule has 1 saturated carbocycles. The molecule has 17 heteroatoms. The van der Waals surface area contributed by atoms with E-state index in [1.165, 1.54) is 27.3 Å². The maximum atomic E-state index is 13.9. The molecule has 2 amide bonds. The Morgan fingerprint density at radius 3 is 2.38 bits per heavy atom. The highest BCUT2D eigenvalue weighted by Crippen LogP contribution is 2.43. The van der Waals surface area contributed by atoms with Crippen LogP contribution in [-0.4, -0.2) is 106 Å². The molecule has 9 rings (SSSR count). The quantitative estimate of drug-likeness (QED) is 0.0895. The summed E-state index contributed by atoms with van der Waals surface area (Å²) in [7, 11) is 5.86. The van der Waals surface area contributed by atoms with Gasteiger partial charge in [0.15, 0.2) is 0 Å². The van der Waals surface area contributed by atoms with Crippen molar-refractivity contribution in [2.45, 2.75) is 103 Å². The maximum absolute atomic E-state index is 13.9. The number of carbonyl (C=O) groups excluding carboxylic acids is 2. The third-order valence-electron chi connectivity index (χ3n) is 15.0. The minimum atomic E-state index is -0.620. The highest BCUT2D eigenvalue weighted by molar-refractivity contribution is 7.10. The van der Waals surface area contributed by atoms with Gasteiger partial charge in [0.05, 0.1) is 35.5 Å². The molecule has 386 valence electrons. The third-order valence-corrected chi connectivity index (χ3v) is 16.7. The van der Waals surface area contributed by atoms with Gasteiger partial charge in [-0.25, -0.2) is 14.8 Å². The van der Waals surface area contributed by atoms with Crippen LogP contribution in [-0.2, 0) is 16.1 Å². The van der Waals surface area contributed by atoms with E-state index in [-0.39, 0.29) is 35.8 Å². The summed E-state index contributed by atoms with van der Waals surface area (Å²) < 4.78 is 13.6. The Balaban J connectivity index is 0.724. The number of aromatic amines is 1. The molecule has 0 radical (unpaired) electrons. The number of rotatable bonds is 16. The van der Waals surface area contributed by atoms with Crippen LogP contribution in [0.2, 0.25) is 10.0 Å². The van der Waals surface area contributed by atoms with Crippen molar-refractivity contribution in [1.29, 1.82) is 0 Å². The Hall–Kier alpha value is -5.58. The summed E-state index contributed by atoms with van der Waals surface area (Å²) in [6.45, 7) is 8.34. The Morgan fingerprint density at radius 1 is 0.904 bits per heavy atom. The minimum Gasteiger partial charge on any atom is -0.496 e. The van der Waals surface area contributed by atoms with Gasteiger partial charge in [0.2, 0.25) is 5.91 Å². The zero-order chi connectivity index (χ0) is 51.3. The van der Waals surface area contributed by atoms with Gasteiger partial charge in [0, 0.05) is 90.0 Å². The number of H-pyrrole nitrogens is 1. The lowest BCUT2D eigenvalue weighted by Gasteiger charge is -2.36. The number of likely N-dealkylation sites (tertiary alicyclic amines) is 2. The molecule has 3 aromatic carbocycles. The fourth-order valence-corrected chi connectivity index (χ4v) is 12.5. The number of carbonyl (C=O) groups is 2. The predicted octanol–water partition coefficient (Wildman–Crippen LogP) is 10.7. The molecule has 2 saturated heterocycles. The molecule has 3 aliphatic rings. The summed E-state index contributed by atoms with van der Waals surface area (Å²) in [5.74, 6) is 3.26. The van der Waals surface area contributed by atoms with Crippen molar-refractivity contribution in [3.05, 3.63) is 131 Å². The second-order valence-electron chi connectivity index (χ2n) is 20.3. The summed E-state index contributed by atoms with van der Waals surface area (Å²) in [6, 6.07) is 18.7. The molecule has 1 atom stereocenters. The van der Waals surface area contributed by atoms with Gasteiger partial charge < -0.3 is 29.5 Å². The van der Waals surface area contributed by atoms with Crippen molar-refractivity contribution in [2.24, 2.45) is 11.8 Å². The molecule has 3 aromatic heterocycles. The van der Waals surface area contributed by atoms with Crippen LogP contribution in [0.1, 0.15) is 115 Å². The molecule has 0 unspecified atom stereocenters. The van der Waals surface area contributed by atoms with E-state index in [2.05, 4.69) is 64.7 Å².